The SMILES string of the molecule is Fc1c(F)c(F)c([B-](c2c(F)c(F)c(F)c(F)c2F)(c2c(F)c(F)c(F)c(F)c2F)c2c(F)c(F)c(F)c(F)c2F)c(F)c1F.O=C(C[n+]1ccncc1)c1ccc(C(=O)c2ccccc2)cc1. The second-order valence-corrected chi connectivity index (χ2v) is 13.9. The highest BCUT2D eigenvalue weighted by Crippen LogP contribution is 2.31. The highest BCUT2D eigenvalue weighted by atomic mass is 19.2. The van der Waals surface area contributed by atoms with Gasteiger partial charge in [-0.1, -0.05) is 54.6 Å². The van der Waals surface area contributed by atoms with Crippen molar-refractivity contribution in [3.8, 4) is 0 Å². The fourth-order valence-corrected chi connectivity index (χ4v) is 7.15. The van der Waals surface area contributed by atoms with E-state index in [1.165, 1.54) is 0 Å². The van der Waals surface area contributed by atoms with E-state index >= 15 is 35.1 Å². The first-order valence-corrected chi connectivity index (χ1v) is 18.2. The predicted octanol–water partition coefficient (Wildman–Crippen LogP) is 8.33. The molecule has 0 saturated carbocycles. The molecule has 6 aromatic carbocycles. The van der Waals surface area contributed by atoms with Crippen LogP contribution in [0, 0.1) is 116 Å². The van der Waals surface area contributed by atoms with Crippen molar-refractivity contribution in [3.05, 3.63) is 212 Å². The van der Waals surface area contributed by atoms with Crippen LogP contribution in [0.5, 0.6) is 0 Å². The molecule has 7 aromatic rings. The summed E-state index contributed by atoms with van der Waals surface area (Å²) in [7, 11) is 0. The van der Waals surface area contributed by atoms with Crippen LogP contribution in [0.15, 0.2) is 79.4 Å². The molecule has 0 bridgehead atoms. The van der Waals surface area contributed by atoms with E-state index in [-0.39, 0.29) is 18.1 Å². The Bertz CT molecular complexity index is 2800. The van der Waals surface area contributed by atoms with Gasteiger partial charge in [0.05, 0.1) is 12.4 Å². The molecule has 0 radical (unpaired) electrons. The number of halogens is 20. The van der Waals surface area contributed by atoms with E-state index in [0.29, 0.717) is 16.7 Å². The minimum absolute atomic E-state index is 0.0140. The van der Waals surface area contributed by atoms with E-state index in [1.807, 2.05) is 18.2 Å². The fraction of sp³-hybridized carbons (Fsp3) is 0.0233. The number of aromatic nitrogens is 2. The summed E-state index contributed by atoms with van der Waals surface area (Å²) >= 11 is 0. The van der Waals surface area contributed by atoms with Crippen molar-refractivity contribution in [2.45, 2.75) is 6.54 Å². The largest absolute Gasteiger partial charge is 0.289 e. The Morgan fingerprint density at radius 1 is 0.353 bits per heavy atom. The van der Waals surface area contributed by atoms with Gasteiger partial charge in [0.1, 0.15) is 52.7 Å². The van der Waals surface area contributed by atoms with Crippen molar-refractivity contribution in [2.75, 3.05) is 0 Å². The molecule has 0 fully saturated rings. The number of hydrogen-bond acceptors (Lipinski definition) is 3. The topological polar surface area (TPSA) is 50.9 Å². The van der Waals surface area contributed by atoms with E-state index in [0.717, 1.165) is 0 Å². The number of carbonyl (C=O) groups excluding carboxylic acids is 2. The Hall–Kier alpha value is -7.60. The molecule has 1 aromatic heterocycles. The van der Waals surface area contributed by atoms with Gasteiger partial charge in [-0.2, -0.15) is 4.57 Å². The van der Waals surface area contributed by atoms with Crippen molar-refractivity contribution in [3.63, 3.8) is 0 Å². The van der Waals surface area contributed by atoms with Gasteiger partial charge in [0.25, 0.3) is 0 Å². The van der Waals surface area contributed by atoms with Crippen LogP contribution >= 0.6 is 0 Å². The molecule has 0 aliphatic rings. The summed E-state index contributed by atoms with van der Waals surface area (Å²) in [6.45, 7) is 0.245. The van der Waals surface area contributed by atoms with E-state index in [9.17, 15) is 62.3 Å². The summed E-state index contributed by atoms with van der Waals surface area (Å²) in [6, 6.07) is 15.9. The van der Waals surface area contributed by atoms with Crippen LogP contribution in [0.4, 0.5) is 87.8 Å². The summed E-state index contributed by atoms with van der Waals surface area (Å²) in [5.41, 5.74) is -12.5. The maximum Gasteiger partial charge on any atom is 0.227 e. The molecule has 0 atom stereocenters. The van der Waals surface area contributed by atoms with Gasteiger partial charge in [0.2, 0.25) is 12.3 Å². The zero-order chi connectivity index (χ0) is 50.4. The zero-order valence-corrected chi connectivity index (χ0v) is 32.6. The number of ketones is 2. The van der Waals surface area contributed by atoms with E-state index in [1.54, 1.807) is 65.8 Å². The quantitative estimate of drug-likeness (QED) is 0.0366. The molecule has 4 nitrogen and oxygen atoms in total. The molecule has 68 heavy (non-hydrogen) atoms. The maximum atomic E-state index is 15.4. The van der Waals surface area contributed by atoms with Crippen LogP contribution in [-0.4, -0.2) is 22.7 Å². The van der Waals surface area contributed by atoms with Gasteiger partial charge < -0.3 is 0 Å². The lowest BCUT2D eigenvalue weighted by molar-refractivity contribution is -0.683. The van der Waals surface area contributed by atoms with Crippen LogP contribution in [0.2, 0.25) is 0 Å². The van der Waals surface area contributed by atoms with E-state index < -0.39 is 144 Å². The number of hydrogen-bond donors (Lipinski definition) is 0. The van der Waals surface area contributed by atoms with Crippen molar-refractivity contribution in [1.29, 1.82) is 0 Å². The van der Waals surface area contributed by atoms with Crippen molar-refractivity contribution >= 4 is 39.6 Å². The van der Waals surface area contributed by atoms with Crippen molar-refractivity contribution in [1.82, 2.24) is 4.98 Å². The number of benzene rings is 6. The predicted molar refractivity (Wildman–Crippen MR) is 194 cm³/mol. The van der Waals surface area contributed by atoms with Crippen LogP contribution in [0.1, 0.15) is 26.3 Å². The highest BCUT2D eigenvalue weighted by Gasteiger charge is 2.52. The Balaban J connectivity index is 0.000000276. The number of Topliss-reactive ketones (excluding diaryl/α,β-unsaturated/α-hetero) is 1. The molecule has 1 heterocycles. The van der Waals surface area contributed by atoms with Gasteiger partial charge >= 0.3 is 0 Å². The summed E-state index contributed by atoms with van der Waals surface area (Å²) in [5.74, 6) is -71.5. The second kappa shape index (κ2) is 19.0. The normalized spacial score (nSPS) is 11.4. The molecule has 0 aliphatic carbocycles. The first kappa shape index (κ1) is 49.8. The molecule has 0 N–H and O–H groups in total. The molecule has 7 rings (SSSR count). The Kier molecular flexibility index (Phi) is 13.9. The Morgan fingerprint density at radius 2 is 0.603 bits per heavy atom. The average molecular weight is 982 g/mol. The van der Waals surface area contributed by atoms with E-state index in [4.69, 9.17) is 0 Å². The summed E-state index contributed by atoms with van der Waals surface area (Å²) in [4.78, 5) is 28.5. The summed E-state index contributed by atoms with van der Waals surface area (Å²) < 4.78 is 296. The third-order valence-corrected chi connectivity index (χ3v) is 10.2. The lowest BCUT2D eigenvalue weighted by Crippen LogP contribution is -2.81. The molecule has 352 valence electrons. The first-order chi connectivity index (χ1) is 31.9. The molecular formula is C43H15BF20N2O2. The van der Waals surface area contributed by atoms with Crippen LogP contribution < -0.4 is 26.4 Å². The van der Waals surface area contributed by atoms with Gasteiger partial charge in [-0.05, 0) is 0 Å². The number of carbonyl (C=O) groups is 2. The van der Waals surface area contributed by atoms with Gasteiger partial charge in [0.15, 0.2) is 88.0 Å². The fourth-order valence-electron chi connectivity index (χ4n) is 7.15. The molecule has 0 saturated heterocycles. The lowest BCUT2D eigenvalue weighted by atomic mass is 9.12. The Morgan fingerprint density at radius 3 is 0.897 bits per heavy atom. The van der Waals surface area contributed by atoms with Gasteiger partial charge in [-0.25, -0.2) is 87.8 Å². The van der Waals surface area contributed by atoms with Gasteiger partial charge in [-0.15, -0.1) is 21.9 Å². The molecule has 0 spiro atoms. The lowest BCUT2D eigenvalue weighted by Gasteiger charge is -2.44. The molecular weight excluding hydrogens is 967 g/mol. The summed E-state index contributed by atoms with van der Waals surface area (Å²) in [5, 5.41) is 0. The van der Waals surface area contributed by atoms with Crippen molar-refractivity contribution < 1.29 is 102 Å². The number of nitrogens with zero attached hydrogens (tertiary/aromatic N) is 2. The standard InChI is InChI=1S/C24BF20.C19H15N2O2/c26-5-1(6(27)14(35)21(42)13(5)34)25(2-7(28)15(36)22(43)16(37)8(2)29,3-9(30)17(38)23(44)18(39)10(3)31)4-11(32)19(40)24(45)20(41)12(4)33;22-18(14-21-12-10-20-11-13-21)15-6-8-17(9-7-15)19(23)16-4-2-1-3-5-16/h;1-13H,14H2/q-1;+1. The number of rotatable bonds is 9. The highest BCUT2D eigenvalue weighted by molar-refractivity contribution is 7.20. The minimum Gasteiger partial charge on any atom is -0.289 e. The molecule has 0 aliphatic heterocycles. The smallest absolute Gasteiger partial charge is 0.227 e. The summed E-state index contributed by atoms with van der Waals surface area (Å²) in [6.07, 6.45) is -0.467. The third kappa shape index (κ3) is 8.07. The average Bonchev–Trinajstić information content (AvgIpc) is 3.34. The van der Waals surface area contributed by atoms with Crippen LogP contribution in [0.3, 0.4) is 0 Å². The third-order valence-electron chi connectivity index (χ3n) is 10.2. The Labute approximate surface area is 365 Å². The van der Waals surface area contributed by atoms with Crippen LogP contribution in [-0.2, 0) is 6.54 Å². The minimum atomic E-state index is -7.22. The second-order valence-electron chi connectivity index (χ2n) is 13.9. The monoisotopic (exact) mass is 982 g/mol. The van der Waals surface area contributed by atoms with Crippen LogP contribution in [0.25, 0.3) is 0 Å². The molecule has 25 heteroatoms. The molecule has 0 unspecified atom stereocenters. The first-order valence-electron chi connectivity index (χ1n) is 18.2. The van der Waals surface area contributed by atoms with Crippen molar-refractivity contribution in [2.24, 2.45) is 0 Å². The molecule has 0 amide bonds. The maximum absolute atomic E-state index is 15.4. The van der Waals surface area contributed by atoms with E-state index in [2.05, 4.69) is 4.98 Å². The van der Waals surface area contributed by atoms with Gasteiger partial charge in [-0.3, -0.25) is 14.6 Å². The van der Waals surface area contributed by atoms with Gasteiger partial charge in [0, 0.05) is 16.7 Å². The zero-order valence-electron chi connectivity index (χ0n) is 32.6.